The van der Waals surface area contributed by atoms with Crippen LogP contribution in [0.25, 0.3) is 10.9 Å². The van der Waals surface area contributed by atoms with Crippen LogP contribution in [0.2, 0.25) is 0 Å². The first-order valence-corrected chi connectivity index (χ1v) is 7.29. The summed E-state index contributed by atoms with van der Waals surface area (Å²) in [5, 5.41) is 5.52. The zero-order valence-corrected chi connectivity index (χ0v) is 11.4. The average Bonchev–Trinajstić information content (AvgIpc) is 2.82. The second-order valence-corrected chi connectivity index (χ2v) is 5.69. The summed E-state index contributed by atoms with van der Waals surface area (Å²) < 4.78 is 13.1. The number of ether oxygens (including phenoxy) is 2. The molecule has 0 radical (unpaired) electrons. The van der Waals surface area contributed by atoms with Crippen LogP contribution in [0.4, 0.5) is 5.69 Å². The summed E-state index contributed by atoms with van der Waals surface area (Å²) in [6.07, 6.45) is 5.26. The van der Waals surface area contributed by atoms with Crippen LogP contribution in [0.3, 0.4) is 0 Å². The van der Waals surface area contributed by atoms with Crippen LogP contribution in [-0.2, 0) is 9.47 Å². The fourth-order valence-electron chi connectivity index (χ4n) is 3.00. The number of hydrogen-bond acceptors (Lipinski definition) is 4. The van der Waals surface area contributed by atoms with Crippen molar-refractivity contribution in [3.05, 3.63) is 23.9 Å². The second-order valence-electron chi connectivity index (χ2n) is 5.69. The maximum Gasteiger partial charge on any atom is 0.150 e. The number of nitrogens with zero attached hydrogens (tertiary/aromatic N) is 2. The van der Waals surface area contributed by atoms with Crippen molar-refractivity contribution in [3.8, 4) is 0 Å². The summed E-state index contributed by atoms with van der Waals surface area (Å²) in [6.45, 7) is 2.40. The van der Waals surface area contributed by atoms with Gasteiger partial charge in [-0.2, -0.15) is 5.10 Å². The Balaban J connectivity index is 1.78. The lowest BCUT2D eigenvalue weighted by Gasteiger charge is -2.27. The van der Waals surface area contributed by atoms with Crippen LogP contribution in [-0.4, -0.2) is 29.6 Å². The Labute approximate surface area is 117 Å². The third kappa shape index (κ3) is 1.89. The number of rotatable bonds is 2. The lowest BCUT2D eigenvalue weighted by atomic mass is 9.96. The number of nitrogens with two attached hydrogens (primary N) is 1. The lowest BCUT2D eigenvalue weighted by Crippen LogP contribution is -2.25. The van der Waals surface area contributed by atoms with E-state index in [0.717, 1.165) is 49.3 Å². The van der Waals surface area contributed by atoms with Crippen molar-refractivity contribution in [2.75, 3.05) is 25.6 Å². The van der Waals surface area contributed by atoms with Crippen molar-refractivity contribution in [1.29, 1.82) is 0 Å². The molecular formula is C15H19N3O2. The Morgan fingerprint density at radius 3 is 2.85 bits per heavy atom. The quantitative estimate of drug-likeness (QED) is 0.854. The molecule has 106 valence electrons. The van der Waals surface area contributed by atoms with E-state index in [4.69, 9.17) is 15.2 Å². The van der Waals surface area contributed by atoms with Gasteiger partial charge in [0.25, 0.3) is 0 Å². The van der Waals surface area contributed by atoms with Gasteiger partial charge in [-0.15, -0.1) is 0 Å². The van der Waals surface area contributed by atoms with Crippen molar-refractivity contribution < 1.29 is 9.47 Å². The number of fused-ring (bicyclic) bond motifs is 1. The summed E-state index contributed by atoms with van der Waals surface area (Å²) in [5.41, 5.74) is 9.31. The molecule has 0 bridgehead atoms. The van der Waals surface area contributed by atoms with E-state index in [0.29, 0.717) is 5.92 Å². The van der Waals surface area contributed by atoms with Crippen molar-refractivity contribution in [2.24, 2.45) is 0 Å². The van der Waals surface area contributed by atoms with Gasteiger partial charge in [-0.3, -0.25) is 0 Å². The highest BCUT2D eigenvalue weighted by Gasteiger charge is 2.24. The zero-order chi connectivity index (χ0) is 13.5. The van der Waals surface area contributed by atoms with Gasteiger partial charge in [0.1, 0.15) is 0 Å². The maximum absolute atomic E-state index is 6.18. The molecule has 2 aliphatic heterocycles. The third-order valence-corrected chi connectivity index (χ3v) is 4.31. The first kappa shape index (κ1) is 12.2. The molecule has 0 aliphatic carbocycles. The highest BCUT2D eigenvalue weighted by Crippen LogP contribution is 2.33. The van der Waals surface area contributed by atoms with Gasteiger partial charge in [-0.05, 0) is 37.0 Å². The lowest BCUT2D eigenvalue weighted by molar-refractivity contribution is -0.0367. The van der Waals surface area contributed by atoms with Crippen molar-refractivity contribution >= 4 is 16.6 Å². The monoisotopic (exact) mass is 273 g/mol. The molecule has 1 aromatic carbocycles. The highest BCUT2D eigenvalue weighted by molar-refractivity contribution is 5.91. The van der Waals surface area contributed by atoms with E-state index >= 15 is 0 Å². The Morgan fingerprint density at radius 2 is 2.15 bits per heavy atom. The maximum atomic E-state index is 6.18. The standard InChI is InChI=1S/C15H19N3O2/c16-13-5-10(11-8-19-9-11)6-14-12(13)7-17-18(14)15-3-1-2-4-20-15/h5-7,11,15H,1-4,8-9,16H2. The van der Waals surface area contributed by atoms with Crippen LogP contribution in [0.15, 0.2) is 18.3 Å². The second kappa shape index (κ2) is 4.75. The number of benzene rings is 1. The summed E-state index contributed by atoms with van der Waals surface area (Å²) in [7, 11) is 0. The minimum atomic E-state index is 0.0496. The first-order valence-electron chi connectivity index (χ1n) is 7.29. The molecule has 2 aromatic rings. The first-order chi connectivity index (χ1) is 9.83. The topological polar surface area (TPSA) is 62.3 Å². The molecule has 4 rings (SSSR count). The zero-order valence-electron chi connectivity index (χ0n) is 11.4. The van der Waals surface area contributed by atoms with Crippen LogP contribution in [0.1, 0.15) is 37.0 Å². The Hall–Kier alpha value is -1.59. The molecule has 1 aromatic heterocycles. The number of nitrogen functional groups attached to an aromatic ring is 1. The van der Waals surface area contributed by atoms with Crippen LogP contribution >= 0.6 is 0 Å². The number of aromatic nitrogens is 2. The van der Waals surface area contributed by atoms with E-state index < -0.39 is 0 Å². The summed E-state index contributed by atoms with van der Waals surface area (Å²) in [5.74, 6) is 0.470. The molecule has 3 heterocycles. The predicted octanol–water partition coefficient (Wildman–Crippen LogP) is 2.43. The van der Waals surface area contributed by atoms with E-state index in [1.54, 1.807) is 0 Å². The van der Waals surface area contributed by atoms with Gasteiger partial charge in [0.2, 0.25) is 0 Å². The molecule has 5 nitrogen and oxygen atoms in total. The van der Waals surface area contributed by atoms with Gasteiger partial charge in [0, 0.05) is 23.6 Å². The molecule has 5 heteroatoms. The Morgan fingerprint density at radius 1 is 1.25 bits per heavy atom. The molecule has 0 amide bonds. The molecule has 1 atom stereocenters. The third-order valence-electron chi connectivity index (χ3n) is 4.31. The molecule has 2 saturated heterocycles. The van der Waals surface area contributed by atoms with Gasteiger partial charge in [0.05, 0.1) is 24.9 Å². The fraction of sp³-hybridized carbons (Fsp3) is 0.533. The fourth-order valence-corrected chi connectivity index (χ4v) is 3.00. The summed E-state index contributed by atoms with van der Waals surface area (Å²) in [6, 6.07) is 4.26. The molecule has 20 heavy (non-hydrogen) atoms. The predicted molar refractivity (Wildman–Crippen MR) is 76.5 cm³/mol. The van der Waals surface area contributed by atoms with E-state index in [1.165, 1.54) is 12.0 Å². The molecule has 2 N–H and O–H groups in total. The van der Waals surface area contributed by atoms with Crippen molar-refractivity contribution in [2.45, 2.75) is 31.4 Å². The van der Waals surface area contributed by atoms with Crippen LogP contribution in [0.5, 0.6) is 0 Å². The van der Waals surface area contributed by atoms with Crippen molar-refractivity contribution in [1.82, 2.24) is 9.78 Å². The SMILES string of the molecule is Nc1cc(C2COC2)cc2c1cnn2C1CCCCO1. The van der Waals surface area contributed by atoms with Gasteiger partial charge in [0.15, 0.2) is 6.23 Å². The molecular weight excluding hydrogens is 254 g/mol. The minimum Gasteiger partial charge on any atom is -0.398 e. The Bertz CT molecular complexity index is 627. The number of hydrogen-bond donors (Lipinski definition) is 1. The van der Waals surface area contributed by atoms with Gasteiger partial charge in [-0.1, -0.05) is 0 Å². The largest absolute Gasteiger partial charge is 0.398 e. The van der Waals surface area contributed by atoms with E-state index in [1.807, 2.05) is 10.9 Å². The van der Waals surface area contributed by atoms with Gasteiger partial charge < -0.3 is 15.2 Å². The number of anilines is 1. The molecule has 1 unspecified atom stereocenters. The van der Waals surface area contributed by atoms with Crippen molar-refractivity contribution in [3.63, 3.8) is 0 Å². The smallest absolute Gasteiger partial charge is 0.150 e. The van der Waals surface area contributed by atoms with Crippen LogP contribution < -0.4 is 5.73 Å². The average molecular weight is 273 g/mol. The summed E-state index contributed by atoms with van der Waals surface area (Å²) >= 11 is 0. The van der Waals surface area contributed by atoms with Gasteiger partial charge in [-0.25, -0.2) is 4.68 Å². The van der Waals surface area contributed by atoms with E-state index in [9.17, 15) is 0 Å². The molecule has 0 spiro atoms. The Kier molecular flexibility index (Phi) is 2.89. The summed E-state index contributed by atoms with van der Waals surface area (Å²) in [4.78, 5) is 0. The molecule has 2 aliphatic rings. The molecule has 2 fully saturated rings. The van der Waals surface area contributed by atoms with E-state index in [-0.39, 0.29) is 6.23 Å². The van der Waals surface area contributed by atoms with E-state index in [2.05, 4.69) is 17.2 Å². The minimum absolute atomic E-state index is 0.0496. The highest BCUT2D eigenvalue weighted by atomic mass is 16.5. The van der Waals surface area contributed by atoms with Crippen LogP contribution in [0, 0.1) is 0 Å². The normalized spacial score (nSPS) is 23.9. The molecule has 0 saturated carbocycles. The van der Waals surface area contributed by atoms with Gasteiger partial charge >= 0.3 is 0 Å².